The van der Waals surface area contributed by atoms with Crippen LogP contribution in [0.1, 0.15) is 48.2 Å². The molecule has 0 radical (unpaired) electrons. The molecule has 3 aromatic rings. The summed E-state index contributed by atoms with van der Waals surface area (Å²) in [5, 5.41) is 8.99. The van der Waals surface area contributed by atoms with Gasteiger partial charge >= 0.3 is 0 Å². The van der Waals surface area contributed by atoms with Gasteiger partial charge in [-0.25, -0.2) is 0 Å². The Hall–Kier alpha value is -2.86. The van der Waals surface area contributed by atoms with Gasteiger partial charge in [-0.3, -0.25) is 9.89 Å². The zero-order chi connectivity index (χ0) is 20.9. The normalized spacial score (nSPS) is 17.2. The average molecular weight is 408 g/mol. The third-order valence-corrected chi connectivity index (χ3v) is 5.85. The number of Topliss-reactive ketones (excluding diaryl/α,β-unsaturated/α-hetero) is 1. The monoisotopic (exact) mass is 407 g/mol. The number of piperidine rings is 1. The number of methoxy groups -OCH3 is 1. The van der Waals surface area contributed by atoms with Crippen LogP contribution in [0.3, 0.4) is 0 Å². The molecule has 1 unspecified atom stereocenters. The van der Waals surface area contributed by atoms with Gasteiger partial charge in [-0.1, -0.05) is 18.2 Å². The lowest BCUT2D eigenvalue weighted by molar-refractivity contribution is 0.101. The summed E-state index contributed by atoms with van der Waals surface area (Å²) < 4.78 is 11.3. The van der Waals surface area contributed by atoms with Crippen LogP contribution in [0.4, 0.5) is 0 Å². The Bertz CT molecular complexity index is 1010. The molecule has 0 bridgehead atoms. The van der Waals surface area contributed by atoms with Crippen LogP contribution in [0.2, 0.25) is 0 Å². The van der Waals surface area contributed by atoms with Crippen molar-refractivity contribution in [1.29, 1.82) is 0 Å². The summed E-state index contributed by atoms with van der Waals surface area (Å²) >= 11 is 0. The minimum atomic E-state index is 0.0181. The molecule has 6 nitrogen and oxygen atoms in total. The van der Waals surface area contributed by atoms with Gasteiger partial charge in [-0.15, -0.1) is 0 Å². The minimum Gasteiger partial charge on any atom is -0.493 e. The Kier molecular flexibility index (Phi) is 6.33. The molecule has 0 saturated carbocycles. The first kappa shape index (κ1) is 20.4. The van der Waals surface area contributed by atoms with Crippen LogP contribution in [-0.4, -0.2) is 54.2 Å². The SMILES string of the molecule is COc1cc(C(C)=O)ccc1OCCCN1CCCC(c2[nH]nc3ccccc23)C1. The van der Waals surface area contributed by atoms with E-state index in [4.69, 9.17) is 9.47 Å². The number of benzene rings is 2. The number of carbonyl (C=O) groups excluding carboxylic acids is 1. The van der Waals surface area contributed by atoms with Gasteiger partial charge in [0.2, 0.25) is 0 Å². The van der Waals surface area contributed by atoms with Crippen LogP contribution in [0.5, 0.6) is 11.5 Å². The number of fused-ring (bicyclic) bond motifs is 1. The van der Waals surface area contributed by atoms with E-state index in [-0.39, 0.29) is 5.78 Å². The number of hydrogen-bond acceptors (Lipinski definition) is 5. The number of ether oxygens (including phenoxy) is 2. The van der Waals surface area contributed by atoms with Gasteiger partial charge in [-0.05, 0) is 57.0 Å². The largest absolute Gasteiger partial charge is 0.493 e. The molecule has 1 aromatic heterocycles. The summed E-state index contributed by atoms with van der Waals surface area (Å²) in [5.74, 6) is 1.80. The summed E-state index contributed by atoms with van der Waals surface area (Å²) in [5.41, 5.74) is 2.94. The van der Waals surface area contributed by atoms with Crippen molar-refractivity contribution in [2.24, 2.45) is 0 Å². The molecule has 1 aliphatic heterocycles. The number of carbonyl (C=O) groups is 1. The maximum absolute atomic E-state index is 11.5. The second kappa shape index (κ2) is 9.30. The lowest BCUT2D eigenvalue weighted by atomic mass is 9.93. The molecule has 1 fully saturated rings. The summed E-state index contributed by atoms with van der Waals surface area (Å²) in [6, 6.07) is 13.7. The third kappa shape index (κ3) is 4.49. The molecule has 0 spiro atoms. The van der Waals surface area contributed by atoms with E-state index in [0.717, 1.165) is 31.6 Å². The van der Waals surface area contributed by atoms with E-state index < -0.39 is 0 Å². The summed E-state index contributed by atoms with van der Waals surface area (Å²) in [6.45, 7) is 5.33. The summed E-state index contributed by atoms with van der Waals surface area (Å²) in [7, 11) is 1.60. The molecule has 1 N–H and O–H groups in total. The first-order valence-electron chi connectivity index (χ1n) is 10.6. The van der Waals surface area contributed by atoms with Crippen molar-refractivity contribution in [3.8, 4) is 11.5 Å². The second-order valence-electron chi connectivity index (χ2n) is 7.92. The van der Waals surface area contributed by atoms with Crippen LogP contribution in [0.25, 0.3) is 10.9 Å². The highest BCUT2D eigenvalue weighted by atomic mass is 16.5. The molecule has 0 aliphatic carbocycles. The Morgan fingerprint density at radius 3 is 2.93 bits per heavy atom. The van der Waals surface area contributed by atoms with Crippen molar-refractivity contribution in [3.63, 3.8) is 0 Å². The first-order chi connectivity index (χ1) is 14.7. The van der Waals surface area contributed by atoms with E-state index in [2.05, 4.69) is 33.3 Å². The molecule has 2 aromatic carbocycles. The summed E-state index contributed by atoms with van der Waals surface area (Å²) in [6.07, 6.45) is 3.33. The van der Waals surface area contributed by atoms with Gasteiger partial charge in [0.05, 0.1) is 19.2 Å². The molecule has 2 heterocycles. The minimum absolute atomic E-state index is 0.0181. The number of hydrogen-bond donors (Lipinski definition) is 1. The average Bonchev–Trinajstić information content (AvgIpc) is 3.21. The van der Waals surface area contributed by atoms with Gasteiger partial charge in [0.1, 0.15) is 0 Å². The fourth-order valence-electron chi connectivity index (χ4n) is 4.26. The molecule has 4 rings (SSSR count). The van der Waals surface area contributed by atoms with Crippen LogP contribution < -0.4 is 9.47 Å². The van der Waals surface area contributed by atoms with Crippen molar-refractivity contribution >= 4 is 16.7 Å². The van der Waals surface area contributed by atoms with Crippen molar-refractivity contribution in [2.45, 2.75) is 32.1 Å². The molecule has 30 heavy (non-hydrogen) atoms. The Balaban J connectivity index is 1.30. The van der Waals surface area contributed by atoms with Crippen LogP contribution in [0.15, 0.2) is 42.5 Å². The number of likely N-dealkylation sites (tertiary alicyclic amines) is 1. The Morgan fingerprint density at radius 2 is 2.10 bits per heavy atom. The summed E-state index contributed by atoms with van der Waals surface area (Å²) in [4.78, 5) is 14.1. The standard InChI is InChI=1S/C24H29N3O3/c1-17(28)18-10-11-22(23(15-18)29-2)30-14-6-13-27-12-5-7-19(16-27)24-20-8-3-4-9-21(20)25-26-24/h3-4,8-11,15,19H,5-7,12-14,16H2,1-2H3,(H,25,26). The van der Waals surface area contributed by atoms with Crippen molar-refractivity contribution in [3.05, 3.63) is 53.7 Å². The van der Waals surface area contributed by atoms with Gasteiger partial charge in [0.15, 0.2) is 17.3 Å². The first-order valence-corrected chi connectivity index (χ1v) is 10.6. The van der Waals surface area contributed by atoms with E-state index >= 15 is 0 Å². The molecule has 158 valence electrons. The van der Waals surface area contributed by atoms with Crippen LogP contribution in [0, 0.1) is 0 Å². The fourth-order valence-corrected chi connectivity index (χ4v) is 4.26. The van der Waals surface area contributed by atoms with Gasteiger partial charge in [-0.2, -0.15) is 5.10 Å². The second-order valence-corrected chi connectivity index (χ2v) is 7.92. The quantitative estimate of drug-likeness (QED) is 0.442. The number of rotatable bonds is 8. The predicted octanol–water partition coefficient (Wildman–Crippen LogP) is 4.42. The van der Waals surface area contributed by atoms with Gasteiger partial charge in [0.25, 0.3) is 0 Å². The Morgan fingerprint density at radius 1 is 1.23 bits per heavy atom. The molecule has 1 saturated heterocycles. The lowest BCUT2D eigenvalue weighted by Gasteiger charge is -2.32. The molecule has 6 heteroatoms. The Labute approximate surface area is 177 Å². The highest BCUT2D eigenvalue weighted by Gasteiger charge is 2.24. The van der Waals surface area contributed by atoms with Crippen molar-refractivity contribution < 1.29 is 14.3 Å². The van der Waals surface area contributed by atoms with E-state index in [1.54, 1.807) is 26.2 Å². The smallest absolute Gasteiger partial charge is 0.161 e. The molecule has 0 amide bonds. The van der Waals surface area contributed by atoms with Crippen molar-refractivity contribution in [1.82, 2.24) is 15.1 Å². The number of H-pyrrole nitrogens is 1. The number of aromatic amines is 1. The number of nitrogens with one attached hydrogen (secondary N) is 1. The zero-order valence-electron chi connectivity index (χ0n) is 17.7. The maximum Gasteiger partial charge on any atom is 0.161 e. The molecular formula is C24H29N3O3. The molecule has 1 atom stereocenters. The number of aromatic nitrogens is 2. The van der Waals surface area contributed by atoms with Gasteiger partial charge < -0.3 is 14.4 Å². The predicted molar refractivity (Wildman–Crippen MR) is 118 cm³/mol. The highest BCUT2D eigenvalue weighted by molar-refractivity contribution is 5.94. The van der Waals surface area contributed by atoms with E-state index in [0.29, 0.717) is 29.6 Å². The van der Waals surface area contributed by atoms with Crippen LogP contribution >= 0.6 is 0 Å². The van der Waals surface area contributed by atoms with Crippen LogP contribution in [-0.2, 0) is 0 Å². The van der Waals surface area contributed by atoms with Crippen molar-refractivity contribution in [2.75, 3.05) is 33.4 Å². The maximum atomic E-state index is 11.5. The lowest BCUT2D eigenvalue weighted by Crippen LogP contribution is -2.35. The fraction of sp³-hybridized carbons (Fsp3) is 0.417. The van der Waals surface area contributed by atoms with Gasteiger partial charge in [0, 0.05) is 35.7 Å². The number of ketones is 1. The number of nitrogens with zero attached hydrogens (tertiary/aromatic N) is 2. The molecular weight excluding hydrogens is 378 g/mol. The third-order valence-electron chi connectivity index (χ3n) is 5.85. The molecule has 1 aliphatic rings. The topological polar surface area (TPSA) is 67.5 Å². The van der Waals surface area contributed by atoms with E-state index in [1.807, 2.05) is 12.1 Å². The highest BCUT2D eigenvalue weighted by Crippen LogP contribution is 2.31. The van der Waals surface area contributed by atoms with E-state index in [9.17, 15) is 4.79 Å². The van der Waals surface area contributed by atoms with E-state index in [1.165, 1.54) is 23.9 Å². The zero-order valence-corrected chi connectivity index (χ0v) is 17.7. The number of para-hydroxylation sites is 1.